The van der Waals surface area contributed by atoms with E-state index in [2.05, 4.69) is 15.1 Å². The Kier molecular flexibility index (Phi) is 4.03. The molecule has 2 aromatic heterocycles. The molecule has 1 N–H and O–H groups in total. The normalized spacial score (nSPS) is 21.0. The molecule has 2 atom stereocenters. The number of aromatic amines is 1. The largest absolute Gasteiger partial charge is 0.336 e. The zero-order chi connectivity index (χ0) is 19.3. The van der Waals surface area contributed by atoms with E-state index in [9.17, 15) is 9.59 Å². The van der Waals surface area contributed by atoms with Crippen molar-refractivity contribution >= 4 is 16.8 Å². The number of benzene rings is 1. The van der Waals surface area contributed by atoms with Crippen LogP contribution >= 0.6 is 0 Å². The van der Waals surface area contributed by atoms with Crippen LogP contribution in [0.2, 0.25) is 0 Å². The van der Waals surface area contributed by atoms with Gasteiger partial charge in [0.05, 0.1) is 24.0 Å². The van der Waals surface area contributed by atoms with Crippen LogP contribution in [0.25, 0.3) is 10.9 Å². The molecule has 2 bridgehead atoms. The summed E-state index contributed by atoms with van der Waals surface area (Å²) in [5, 5.41) is 5.51. The van der Waals surface area contributed by atoms with Crippen molar-refractivity contribution in [3.05, 3.63) is 57.9 Å². The van der Waals surface area contributed by atoms with Gasteiger partial charge in [0.25, 0.3) is 5.56 Å². The highest BCUT2D eigenvalue weighted by atomic mass is 16.2. The number of fused-ring (bicyclic) bond motifs is 4. The molecule has 0 saturated carbocycles. The summed E-state index contributed by atoms with van der Waals surface area (Å²) >= 11 is 0. The molecular weight excluding hydrogens is 354 g/mol. The predicted octanol–water partition coefficient (Wildman–Crippen LogP) is 1.98. The van der Waals surface area contributed by atoms with Gasteiger partial charge in [-0.25, -0.2) is 4.98 Å². The summed E-state index contributed by atoms with van der Waals surface area (Å²) in [5.74, 6) is 0.790. The third kappa shape index (κ3) is 2.82. The number of para-hydroxylation sites is 1. The molecule has 7 nitrogen and oxygen atoms in total. The van der Waals surface area contributed by atoms with Crippen LogP contribution in [0, 0.1) is 6.92 Å². The van der Waals surface area contributed by atoms with E-state index < -0.39 is 0 Å². The maximum atomic E-state index is 13.1. The highest BCUT2D eigenvalue weighted by molar-refractivity contribution is 5.79. The Morgan fingerprint density at radius 2 is 2.00 bits per heavy atom. The van der Waals surface area contributed by atoms with Gasteiger partial charge in [-0.05, 0) is 25.8 Å². The minimum atomic E-state index is -0.0505. The van der Waals surface area contributed by atoms with Gasteiger partial charge in [-0.1, -0.05) is 18.2 Å². The van der Waals surface area contributed by atoms with Crippen molar-refractivity contribution in [3.63, 3.8) is 0 Å². The van der Waals surface area contributed by atoms with E-state index in [-0.39, 0.29) is 23.6 Å². The highest BCUT2D eigenvalue weighted by Gasteiger charge is 2.40. The lowest BCUT2D eigenvalue weighted by molar-refractivity contribution is -0.134. The summed E-state index contributed by atoms with van der Waals surface area (Å²) in [7, 11) is 0. The van der Waals surface area contributed by atoms with Crippen LogP contribution in [0.4, 0.5) is 0 Å². The number of hydrogen-bond donors (Lipinski definition) is 1. The number of carbonyl (C=O) groups excluding carboxylic acids is 1. The topological polar surface area (TPSA) is 83.9 Å². The molecule has 4 heterocycles. The second kappa shape index (κ2) is 6.58. The number of H-pyrrole nitrogens is 1. The fourth-order valence-corrected chi connectivity index (χ4v) is 4.81. The number of aryl methyl sites for hydroxylation is 2. The highest BCUT2D eigenvalue weighted by Crippen LogP contribution is 2.33. The number of hydrogen-bond acceptors (Lipinski definition) is 4. The Morgan fingerprint density at radius 1 is 1.21 bits per heavy atom. The second-order valence-corrected chi connectivity index (χ2v) is 7.85. The number of amides is 1. The maximum absolute atomic E-state index is 13.1. The molecule has 1 fully saturated rings. The van der Waals surface area contributed by atoms with Crippen LogP contribution in [0.15, 0.2) is 35.3 Å². The minimum absolute atomic E-state index is 0.0505. The Balaban J connectivity index is 1.36. The Morgan fingerprint density at radius 3 is 2.86 bits per heavy atom. The third-order valence-electron chi connectivity index (χ3n) is 6.08. The average molecular weight is 377 g/mol. The smallest absolute Gasteiger partial charge is 0.254 e. The van der Waals surface area contributed by atoms with Gasteiger partial charge in [0, 0.05) is 42.3 Å². The van der Waals surface area contributed by atoms with Crippen molar-refractivity contribution in [3.8, 4) is 0 Å². The van der Waals surface area contributed by atoms with E-state index in [0.717, 1.165) is 35.0 Å². The van der Waals surface area contributed by atoms with Gasteiger partial charge >= 0.3 is 0 Å². The van der Waals surface area contributed by atoms with Crippen molar-refractivity contribution in [1.29, 1.82) is 0 Å². The van der Waals surface area contributed by atoms with E-state index in [4.69, 9.17) is 0 Å². The van der Waals surface area contributed by atoms with Crippen LogP contribution in [-0.2, 0) is 24.2 Å². The first-order valence-corrected chi connectivity index (χ1v) is 9.90. The molecule has 28 heavy (non-hydrogen) atoms. The summed E-state index contributed by atoms with van der Waals surface area (Å²) in [6.07, 6.45) is 5.46. The van der Waals surface area contributed by atoms with E-state index in [1.807, 2.05) is 47.0 Å². The number of rotatable bonds is 3. The summed E-state index contributed by atoms with van der Waals surface area (Å²) in [4.78, 5) is 34.9. The van der Waals surface area contributed by atoms with Crippen LogP contribution in [-0.4, -0.2) is 42.6 Å². The van der Waals surface area contributed by atoms with Crippen LogP contribution in [0.3, 0.4) is 0 Å². The molecule has 7 heteroatoms. The molecule has 3 aromatic rings. The number of carbonyl (C=O) groups is 1. The van der Waals surface area contributed by atoms with Crippen LogP contribution in [0.5, 0.6) is 0 Å². The Bertz CT molecular complexity index is 1120. The lowest BCUT2D eigenvalue weighted by Crippen LogP contribution is -2.42. The Hall–Kier alpha value is -2.96. The van der Waals surface area contributed by atoms with Crippen molar-refractivity contribution < 1.29 is 4.79 Å². The Labute approximate surface area is 162 Å². The van der Waals surface area contributed by atoms with Crippen LogP contribution in [0.1, 0.15) is 36.3 Å². The fourth-order valence-electron chi connectivity index (χ4n) is 4.81. The lowest BCUT2D eigenvalue weighted by Gasteiger charge is -2.28. The monoisotopic (exact) mass is 377 g/mol. The molecule has 1 aromatic carbocycles. The van der Waals surface area contributed by atoms with Crippen molar-refractivity contribution in [1.82, 2.24) is 24.6 Å². The van der Waals surface area contributed by atoms with Gasteiger partial charge in [-0.2, -0.15) is 5.10 Å². The first-order chi connectivity index (χ1) is 13.6. The van der Waals surface area contributed by atoms with Gasteiger partial charge < -0.3 is 9.88 Å². The first kappa shape index (κ1) is 17.2. The molecule has 0 unspecified atom stereocenters. The van der Waals surface area contributed by atoms with E-state index in [0.29, 0.717) is 31.6 Å². The third-order valence-corrected chi connectivity index (χ3v) is 6.08. The van der Waals surface area contributed by atoms with Crippen molar-refractivity contribution in [2.24, 2.45) is 0 Å². The lowest BCUT2D eigenvalue weighted by atomic mass is 9.98. The summed E-state index contributed by atoms with van der Waals surface area (Å²) in [5.41, 5.74) is 2.62. The number of nitrogens with one attached hydrogen (secondary N) is 1. The number of nitrogens with zero attached hydrogens (tertiary/aromatic N) is 4. The standard InChI is InChI=1S/C21H23N5O2/c1-13-23-18-11-16-7-6-15(10-17(18)21(28)24-13)26(16)20(27)8-9-25-19-5-3-2-4-14(19)12-22-25/h2-5,12,15-16H,6-11H2,1H3,(H,23,24,28)/t15-,16+/m1/s1. The summed E-state index contributed by atoms with van der Waals surface area (Å²) in [6.45, 7) is 2.37. The zero-order valence-corrected chi connectivity index (χ0v) is 15.9. The zero-order valence-electron chi connectivity index (χ0n) is 15.9. The summed E-state index contributed by atoms with van der Waals surface area (Å²) in [6, 6.07) is 8.27. The SMILES string of the molecule is Cc1nc2c(c(=O)[nH]1)C[C@H]1CC[C@@H](C2)N1C(=O)CCn1ncc2ccccc21. The molecule has 5 rings (SSSR count). The van der Waals surface area contributed by atoms with Gasteiger partial charge in [-0.15, -0.1) is 0 Å². The van der Waals surface area contributed by atoms with Gasteiger partial charge in [0.1, 0.15) is 5.82 Å². The van der Waals surface area contributed by atoms with Gasteiger partial charge in [-0.3, -0.25) is 14.3 Å². The quantitative estimate of drug-likeness (QED) is 0.756. The molecule has 144 valence electrons. The second-order valence-electron chi connectivity index (χ2n) is 7.85. The van der Waals surface area contributed by atoms with E-state index >= 15 is 0 Å². The number of aromatic nitrogens is 4. The van der Waals surface area contributed by atoms with Crippen molar-refractivity contribution in [2.75, 3.05) is 0 Å². The van der Waals surface area contributed by atoms with Gasteiger partial charge in [0.15, 0.2) is 0 Å². The first-order valence-electron chi connectivity index (χ1n) is 9.90. The summed E-state index contributed by atoms with van der Waals surface area (Å²) < 4.78 is 1.90. The molecule has 1 saturated heterocycles. The minimum Gasteiger partial charge on any atom is -0.336 e. The van der Waals surface area contributed by atoms with Crippen LogP contribution < -0.4 is 5.56 Å². The predicted molar refractivity (Wildman–Crippen MR) is 105 cm³/mol. The maximum Gasteiger partial charge on any atom is 0.254 e. The average Bonchev–Trinajstić information content (AvgIpc) is 3.21. The van der Waals surface area contributed by atoms with E-state index in [1.165, 1.54) is 0 Å². The molecule has 2 aliphatic rings. The molecule has 1 amide bonds. The molecule has 0 radical (unpaired) electrons. The van der Waals surface area contributed by atoms with Gasteiger partial charge in [0.2, 0.25) is 5.91 Å². The fraction of sp³-hybridized carbons (Fsp3) is 0.429. The molecule has 0 aliphatic carbocycles. The van der Waals surface area contributed by atoms with E-state index in [1.54, 1.807) is 0 Å². The molecule has 0 spiro atoms. The molecule has 2 aliphatic heterocycles. The van der Waals surface area contributed by atoms with Crippen molar-refractivity contribution in [2.45, 2.75) is 57.7 Å². The molecular formula is C21H23N5O2.